The molecular weight excluding hydrogens is 358 g/mol. The van der Waals surface area contributed by atoms with E-state index in [-0.39, 0.29) is 31.2 Å². The molecule has 1 aliphatic rings. The van der Waals surface area contributed by atoms with Crippen LogP contribution in [0.5, 0.6) is 11.5 Å². The Morgan fingerprint density at radius 2 is 1.77 bits per heavy atom. The Bertz CT molecular complexity index is 943. The van der Waals surface area contributed by atoms with Crippen LogP contribution in [0.15, 0.2) is 17.1 Å². The van der Waals surface area contributed by atoms with Crippen LogP contribution in [0.3, 0.4) is 0 Å². The van der Waals surface area contributed by atoms with Crippen molar-refractivity contribution >= 4 is 39.3 Å². The van der Waals surface area contributed by atoms with Crippen LogP contribution in [-0.4, -0.2) is 48.0 Å². The molecule has 0 bridgehead atoms. The van der Waals surface area contributed by atoms with Gasteiger partial charge in [-0.25, -0.2) is 0 Å². The molecule has 138 valence electrons. The lowest BCUT2D eigenvalue weighted by Gasteiger charge is -2.10. The van der Waals surface area contributed by atoms with E-state index in [4.69, 9.17) is 9.47 Å². The van der Waals surface area contributed by atoms with Crippen molar-refractivity contribution < 1.29 is 23.9 Å². The molecule has 9 heteroatoms. The molecule has 0 N–H and O–H groups in total. The molecule has 1 aliphatic heterocycles. The number of likely N-dealkylation sites (tertiary alicyclic amines) is 1. The number of carbonyl (C=O) groups is 3. The van der Waals surface area contributed by atoms with Crippen LogP contribution in [0.2, 0.25) is 0 Å². The number of thiazole rings is 1. The maximum atomic E-state index is 12.3. The lowest BCUT2D eigenvalue weighted by atomic mass is 10.3. The van der Waals surface area contributed by atoms with Crippen LogP contribution < -0.4 is 14.3 Å². The van der Waals surface area contributed by atoms with Crippen molar-refractivity contribution in [3.63, 3.8) is 0 Å². The van der Waals surface area contributed by atoms with Crippen LogP contribution >= 0.6 is 11.3 Å². The number of carbonyl (C=O) groups excluding carboxylic acids is 3. The molecule has 0 aliphatic carbocycles. The number of imide groups is 1. The SMILES string of the molecule is CCn1c(=NC(=O)CN2C(=O)CCC2=O)sc2cc(OC)c(OC)cc21. The second-order valence-corrected chi connectivity index (χ2v) is 6.69. The van der Waals surface area contributed by atoms with Crippen molar-refractivity contribution in [1.82, 2.24) is 9.47 Å². The van der Waals surface area contributed by atoms with Gasteiger partial charge in [-0.1, -0.05) is 11.3 Å². The number of rotatable bonds is 5. The number of methoxy groups -OCH3 is 2. The number of ether oxygens (including phenoxy) is 2. The average molecular weight is 377 g/mol. The summed E-state index contributed by atoms with van der Waals surface area (Å²) >= 11 is 1.34. The van der Waals surface area contributed by atoms with Crippen molar-refractivity contribution in [2.24, 2.45) is 4.99 Å². The third kappa shape index (κ3) is 3.22. The van der Waals surface area contributed by atoms with Gasteiger partial charge in [0.25, 0.3) is 5.91 Å². The fraction of sp³-hybridized carbons (Fsp3) is 0.412. The summed E-state index contributed by atoms with van der Waals surface area (Å²) in [5.41, 5.74) is 0.870. The van der Waals surface area contributed by atoms with Gasteiger partial charge in [0.15, 0.2) is 16.3 Å². The van der Waals surface area contributed by atoms with E-state index in [0.717, 1.165) is 15.1 Å². The molecule has 0 atom stereocenters. The van der Waals surface area contributed by atoms with Crippen LogP contribution in [0.25, 0.3) is 10.2 Å². The van der Waals surface area contributed by atoms with E-state index in [1.807, 2.05) is 23.6 Å². The van der Waals surface area contributed by atoms with Crippen LogP contribution in [0.4, 0.5) is 0 Å². The number of aryl methyl sites for hydroxylation is 1. The van der Waals surface area contributed by atoms with Gasteiger partial charge in [-0.05, 0) is 6.92 Å². The molecule has 2 heterocycles. The molecule has 0 spiro atoms. The topological polar surface area (TPSA) is 90.2 Å². The number of hydrogen-bond donors (Lipinski definition) is 0. The summed E-state index contributed by atoms with van der Waals surface area (Å²) in [6.45, 7) is 2.23. The maximum absolute atomic E-state index is 12.3. The largest absolute Gasteiger partial charge is 0.493 e. The Kier molecular flexibility index (Phi) is 5.08. The number of amides is 3. The molecule has 3 amide bonds. The Morgan fingerprint density at radius 3 is 2.35 bits per heavy atom. The molecule has 1 saturated heterocycles. The van der Waals surface area contributed by atoms with Gasteiger partial charge in [0, 0.05) is 31.5 Å². The summed E-state index contributed by atoms with van der Waals surface area (Å²) in [4.78, 5) is 41.2. The van der Waals surface area contributed by atoms with Crippen molar-refractivity contribution in [3.8, 4) is 11.5 Å². The first kappa shape index (κ1) is 18.1. The van der Waals surface area contributed by atoms with Crippen LogP contribution in [-0.2, 0) is 20.9 Å². The zero-order chi connectivity index (χ0) is 18.8. The van der Waals surface area contributed by atoms with Crippen molar-refractivity contribution in [2.45, 2.75) is 26.3 Å². The molecule has 1 fully saturated rings. The minimum absolute atomic E-state index is 0.156. The van der Waals surface area contributed by atoms with E-state index in [9.17, 15) is 14.4 Å². The van der Waals surface area contributed by atoms with Gasteiger partial charge in [0.1, 0.15) is 6.54 Å². The third-order valence-corrected chi connectivity index (χ3v) is 5.21. The number of nitrogens with zero attached hydrogens (tertiary/aromatic N) is 3. The van der Waals surface area contributed by atoms with Crippen molar-refractivity contribution in [1.29, 1.82) is 0 Å². The number of fused-ring (bicyclic) bond motifs is 1. The summed E-state index contributed by atoms with van der Waals surface area (Å²) in [6, 6.07) is 3.67. The first-order chi connectivity index (χ1) is 12.5. The molecule has 3 rings (SSSR count). The molecule has 1 aromatic carbocycles. The summed E-state index contributed by atoms with van der Waals surface area (Å²) in [5.74, 6) is 0.00326. The highest BCUT2D eigenvalue weighted by molar-refractivity contribution is 7.16. The zero-order valence-corrected chi connectivity index (χ0v) is 15.6. The maximum Gasteiger partial charge on any atom is 0.268 e. The molecule has 1 aromatic heterocycles. The average Bonchev–Trinajstić information content (AvgIpc) is 3.13. The van der Waals surface area contributed by atoms with E-state index >= 15 is 0 Å². The highest BCUT2D eigenvalue weighted by Crippen LogP contribution is 2.33. The summed E-state index contributed by atoms with van der Waals surface area (Å²) < 4.78 is 13.4. The lowest BCUT2D eigenvalue weighted by molar-refractivity contribution is -0.141. The molecule has 26 heavy (non-hydrogen) atoms. The van der Waals surface area contributed by atoms with Gasteiger partial charge in [-0.3, -0.25) is 19.3 Å². The lowest BCUT2D eigenvalue weighted by Crippen LogP contribution is -2.34. The molecule has 8 nitrogen and oxygen atoms in total. The molecule has 0 unspecified atom stereocenters. The highest BCUT2D eigenvalue weighted by Gasteiger charge is 2.30. The Balaban J connectivity index is 2.00. The summed E-state index contributed by atoms with van der Waals surface area (Å²) in [7, 11) is 3.12. The smallest absolute Gasteiger partial charge is 0.268 e. The second kappa shape index (κ2) is 7.28. The zero-order valence-electron chi connectivity index (χ0n) is 14.8. The molecule has 0 radical (unpaired) electrons. The normalized spacial score (nSPS) is 15.2. The van der Waals surface area contributed by atoms with Gasteiger partial charge < -0.3 is 14.0 Å². The Morgan fingerprint density at radius 1 is 1.15 bits per heavy atom. The molecule has 2 aromatic rings. The van der Waals surface area contributed by atoms with E-state index in [1.54, 1.807) is 14.2 Å². The van der Waals surface area contributed by atoms with Crippen molar-refractivity contribution in [3.05, 3.63) is 16.9 Å². The quantitative estimate of drug-likeness (QED) is 0.733. The van der Waals surface area contributed by atoms with Gasteiger partial charge in [-0.15, -0.1) is 0 Å². The minimum Gasteiger partial charge on any atom is -0.493 e. The van der Waals surface area contributed by atoms with E-state index in [0.29, 0.717) is 22.8 Å². The number of benzene rings is 1. The van der Waals surface area contributed by atoms with Crippen LogP contribution in [0, 0.1) is 0 Å². The Hall–Kier alpha value is -2.68. The fourth-order valence-corrected chi connectivity index (χ4v) is 3.99. The van der Waals surface area contributed by atoms with Gasteiger partial charge in [0.05, 0.1) is 24.4 Å². The number of aromatic nitrogens is 1. The Labute approximate surface area is 153 Å². The first-order valence-electron chi connectivity index (χ1n) is 8.14. The third-order valence-electron chi connectivity index (χ3n) is 4.17. The van der Waals surface area contributed by atoms with Gasteiger partial charge >= 0.3 is 0 Å². The predicted octanol–water partition coefficient (Wildman–Crippen LogP) is 1.32. The number of hydrogen-bond acceptors (Lipinski definition) is 6. The monoisotopic (exact) mass is 377 g/mol. The van der Waals surface area contributed by atoms with Crippen LogP contribution in [0.1, 0.15) is 19.8 Å². The van der Waals surface area contributed by atoms with Gasteiger partial charge in [-0.2, -0.15) is 4.99 Å². The highest BCUT2D eigenvalue weighted by atomic mass is 32.1. The predicted molar refractivity (Wildman–Crippen MR) is 95.1 cm³/mol. The summed E-state index contributed by atoms with van der Waals surface area (Å²) in [5, 5.41) is 0. The van der Waals surface area contributed by atoms with Crippen molar-refractivity contribution in [2.75, 3.05) is 20.8 Å². The van der Waals surface area contributed by atoms with E-state index < -0.39 is 5.91 Å². The minimum atomic E-state index is -0.527. The molecule has 0 saturated carbocycles. The molecular formula is C17H19N3O5S. The van der Waals surface area contributed by atoms with Gasteiger partial charge in [0.2, 0.25) is 11.8 Å². The second-order valence-electron chi connectivity index (χ2n) is 5.68. The standard InChI is InChI=1S/C17H19N3O5S/c1-4-19-10-7-11(24-2)12(25-3)8-13(10)26-17(19)18-14(21)9-20-15(22)5-6-16(20)23/h7-8H,4-6,9H2,1-3H3. The summed E-state index contributed by atoms with van der Waals surface area (Å²) in [6.07, 6.45) is 0.313. The van der Waals surface area contributed by atoms with E-state index in [2.05, 4.69) is 4.99 Å². The first-order valence-corrected chi connectivity index (χ1v) is 8.96. The van der Waals surface area contributed by atoms with E-state index in [1.165, 1.54) is 11.3 Å². The fourth-order valence-electron chi connectivity index (χ4n) is 2.86.